The third-order valence-corrected chi connectivity index (χ3v) is 4.86. The Kier molecular flexibility index (Phi) is 4.21. The van der Waals surface area contributed by atoms with Gasteiger partial charge in [0.05, 0.1) is 18.6 Å². The molecule has 0 aromatic rings. The maximum absolute atomic E-state index is 11.8. The van der Waals surface area contributed by atoms with Gasteiger partial charge < -0.3 is 9.84 Å². The normalized spacial score (nSPS) is 36.1. The van der Waals surface area contributed by atoms with Crippen LogP contribution in [0.4, 0.5) is 0 Å². The summed E-state index contributed by atoms with van der Waals surface area (Å²) in [5, 5.41) is 9.75. The molecule has 110 valence electrons. The highest BCUT2D eigenvalue weighted by molar-refractivity contribution is 5.75. The van der Waals surface area contributed by atoms with Crippen molar-refractivity contribution in [3.05, 3.63) is 0 Å². The van der Waals surface area contributed by atoms with Gasteiger partial charge in [0.2, 0.25) is 0 Å². The first-order valence-electron chi connectivity index (χ1n) is 7.42. The van der Waals surface area contributed by atoms with Crippen LogP contribution in [0.1, 0.15) is 46.5 Å². The van der Waals surface area contributed by atoms with E-state index >= 15 is 0 Å². The largest absolute Gasteiger partial charge is 0.481 e. The lowest BCUT2D eigenvalue weighted by Crippen LogP contribution is -2.58. The predicted octanol–water partition coefficient (Wildman–Crippen LogP) is 2.38. The second kappa shape index (κ2) is 5.41. The van der Waals surface area contributed by atoms with Crippen LogP contribution < -0.4 is 0 Å². The maximum atomic E-state index is 11.8. The van der Waals surface area contributed by atoms with E-state index < -0.39 is 11.4 Å². The minimum absolute atomic E-state index is 0.0542. The van der Waals surface area contributed by atoms with E-state index in [0.29, 0.717) is 25.7 Å². The van der Waals surface area contributed by atoms with Crippen molar-refractivity contribution in [3.63, 3.8) is 0 Å². The Morgan fingerprint density at radius 2 is 2.21 bits per heavy atom. The van der Waals surface area contributed by atoms with Gasteiger partial charge in [0.15, 0.2) is 0 Å². The molecule has 0 radical (unpaired) electrons. The quantitative estimate of drug-likeness (QED) is 0.854. The summed E-state index contributed by atoms with van der Waals surface area (Å²) in [4.78, 5) is 14.2. The Labute approximate surface area is 116 Å². The Morgan fingerprint density at radius 1 is 1.47 bits per heavy atom. The summed E-state index contributed by atoms with van der Waals surface area (Å²) in [5.74, 6) is -0.0876. The molecule has 0 spiro atoms. The van der Waals surface area contributed by atoms with Crippen molar-refractivity contribution >= 4 is 5.97 Å². The zero-order valence-corrected chi connectivity index (χ0v) is 12.4. The van der Waals surface area contributed by atoms with E-state index in [1.807, 2.05) is 0 Å². The summed E-state index contributed by atoms with van der Waals surface area (Å²) in [7, 11) is 0. The van der Waals surface area contributed by atoms with E-state index in [1.54, 1.807) is 0 Å². The molecule has 0 aromatic carbocycles. The summed E-state index contributed by atoms with van der Waals surface area (Å²) in [5.41, 5.74) is -0.604. The number of nitrogens with zero attached hydrogens (tertiary/aromatic N) is 1. The Morgan fingerprint density at radius 3 is 2.79 bits per heavy atom. The summed E-state index contributed by atoms with van der Waals surface area (Å²) in [6.45, 7) is 9.40. The summed E-state index contributed by atoms with van der Waals surface area (Å²) >= 11 is 0. The summed E-state index contributed by atoms with van der Waals surface area (Å²) in [6.07, 6.45) is 3.84. The zero-order chi connectivity index (χ0) is 14.1. The van der Waals surface area contributed by atoms with Crippen LogP contribution >= 0.6 is 0 Å². The molecule has 2 unspecified atom stereocenters. The van der Waals surface area contributed by atoms with Gasteiger partial charge in [-0.15, -0.1) is 0 Å². The van der Waals surface area contributed by atoms with E-state index in [0.717, 1.165) is 25.8 Å². The molecular weight excluding hydrogens is 242 g/mol. The molecular formula is C15H27NO3. The molecule has 1 aliphatic carbocycles. The molecule has 1 aliphatic heterocycles. The summed E-state index contributed by atoms with van der Waals surface area (Å²) in [6, 6.07) is 0. The van der Waals surface area contributed by atoms with Crippen LogP contribution in [0.3, 0.4) is 0 Å². The lowest BCUT2D eigenvalue weighted by molar-refractivity contribution is -0.157. The third kappa shape index (κ3) is 3.11. The van der Waals surface area contributed by atoms with Crippen molar-refractivity contribution in [2.45, 2.75) is 52.0 Å². The molecule has 0 bridgehead atoms. The molecule has 1 saturated carbocycles. The van der Waals surface area contributed by atoms with Gasteiger partial charge in [-0.3, -0.25) is 9.69 Å². The van der Waals surface area contributed by atoms with Crippen molar-refractivity contribution in [1.82, 2.24) is 4.90 Å². The van der Waals surface area contributed by atoms with Gasteiger partial charge in [-0.25, -0.2) is 0 Å². The lowest BCUT2D eigenvalue weighted by atomic mass is 9.69. The molecule has 19 heavy (non-hydrogen) atoms. The second-order valence-electron chi connectivity index (χ2n) is 7.07. The van der Waals surface area contributed by atoms with E-state index in [2.05, 4.69) is 25.7 Å². The summed E-state index contributed by atoms with van der Waals surface area (Å²) < 4.78 is 5.53. The number of hydrogen-bond acceptors (Lipinski definition) is 3. The van der Waals surface area contributed by atoms with Gasteiger partial charge in [-0.1, -0.05) is 19.8 Å². The molecule has 4 heteroatoms. The molecule has 2 fully saturated rings. The molecule has 1 heterocycles. The Hall–Kier alpha value is -0.610. The average Bonchev–Trinajstić information content (AvgIpc) is 2.31. The van der Waals surface area contributed by atoms with E-state index in [1.165, 1.54) is 6.42 Å². The first-order valence-corrected chi connectivity index (χ1v) is 7.42. The molecule has 2 atom stereocenters. The number of rotatable bonds is 3. The monoisotopic (exact) mass is 269 g/mol. The van der Waals surface area contributed by atoms with Gasteiger partial charge >= 0.3 is 5.97 Å². The molecule has 2 rings (SSSR count). The molecule has 1 N–H and O–H groups in total. The Balaban J connectivity index is 2.14. The third-order valence-electron chi connectivity index (χ3n) is 4.86. The second-order valence-corrected chi connectivity index (χ2v) is 7.07. The number of carboxylic acid groups (broad SMARTS) is 1. The van der Waals surface area contributed by atoms with Gasteiger partial charge in [-0.05, 0) is 32.6 Å². The van der Waals surface area contributed by atoms with Crippen molar-refractivity contribution in [2.24, 2.45) is 11.3 Å². The number of carboxylic acids is 1. The van der Waals surface area contributed by atoms with Crippen LogP contribution in [0.15, 0.2) is 0 Å². The fourth-order valence-corrected chi connectivity index (χ4v) is 3.61. The van der Waals surface area contributed by atoms with Crippen LogP contribution in [0.2, 0.25) is 0 Å². The zero-order valence-electron chi connectivity index (χ0n) is 12.4. The lowest BCUT2D eigenvalue weighted by Gasteiger charge is -2.47. The first-order chi connectivity index (χ1) is 8.86. The van der Waals surface area contributed by atoms with Gasteiger partial charge in [0, 0.05) is 18.6 Å². The molecule has 4 nitrogen and oxygen atoms in total. The predicted molar refractivity (Wildman–Crippen MR) is 74.2 cm³/mol. The molecule has 0 aromatic heterocycles. The highest BCUT2D eigenvalue weighted by Crippen LogP contribution is 2.41. The van der Waals surface area contributed by atoms with E-state index in [9.17, 15) is 9.90 Å². The Bertz CT molecular complexity index is 342. The number of morpholine rings is 1. The topological polar surface area (TPSA) is 49.8 Å². The van der Waals surface area contributed by atoms with Crippen LogP contribution in [0.5, 0.6) is 0 Å². The number of carbonyl (C=O) groups is 1. The molecule has 0 amide bonds. The SMILES string of the molecule is CC1CCCC(CN2CCOCC2(C)C)(C(=O)O)C1. The average molecular weight is 269 g/mol. The van der Waals surface area contributed by atoms with Gasteiger partial charge in [-0.2, -0.15) is 0 Å². The fourth-order valence-electron chi connectivity index (χ4n) is 3.61. The maximum Gasteiger partial charge on any atom is 0.310 e. The van der Waals surface area contributed by atoms with E-state index in [-0.39, 0.29) is 5.54 Å². The van der Waals surface area contributed by atoms with Crippen molar-refractivity contribution in [1.29, 1.82) is 0 Å². The van der Waals surface area contributed by atoms with Crippen molar-refractivity contribution in [2.75, 3.05) is 26.3 Å². The van der Waals surface area contributed by atoms with E-state index in [4.69, 9.17) is 4.74 Å². The van der Waals surface area contributed by atoms with Crippen LogP contribution in [0.25, 0.3) is 0 Å². The van der Waals surface area contributed by atoms with Crippen LogP contribution in [0, 0.1) is 11.3 Å². The first kappa shape index (κ1) is 14.8. The van der Waals surface area contributed by atoms with Crippen LogP contribution in [-0.2, 0) is 9.53 Å². The minimum Gasteiger partial charge on any atom is -0.481 e. The molecule has 2 aliphatic rings. The molecule has 1 saturated heterocycles. The highest BCUT2D eigenvalue weighted by atomic mass is 16.5. The fraction of sp³-hybridized carbons (Fsp3) is 0.933. The number of ether oxygens (including phenoxy) is 1. The highest BCUT2D eigenvalue weighted by Gasteiger charge is 2.45. The number of hydrogen-bond donors (Lipinski definition) is 1. The van der Waals surface area contributed by atoms with Gasteiger partial charge in [0.25, 0.3) is 0 Å². The smallest absolute Gasteiger partial charge is 0.310 e. The minimum atomic E-state index is -0.610. The van der Waals surface area contributed by atoms with Gasteiger partial charge in [0.1, 0.15) is 0 Å². The number of aliphatic carboxylic acids is 1. The van der Waals surface area contributed by atoms with Crippen LogP contribution in [-0.4, -0.2) is 47.8 Å². The van der Waals surface area contributed by atoms with Crippen molar-refractivity contribution in [3.8, 4) is 0 Å². The van der Waals surface area contributed by atoms with Crippen molar-refractivity contribution < 1.29 is 14.6 Å². The standard InChI is InChI=1S/C15H27NO3/c1-12-5-4-6-15(9-12,13(17)18)10-16-7-8-19-11-14(16,2)3/h12H,4-11H2,1-3H3,(H,17,18).